The lowest BCUT2D eigenvalue weighted by atomic mass is 10.1. The Labute approximate surface area is 380 Å². The summed E-state index contributed by atoms with van der Waals surface area (Å²) >= 11 is 7.25. The second-order valence-corrected chi connectivity index (χ2v) is 19.3. The number of nitrogens with one attached hydrogen (secondary N) is 3. The zero-order valence-corrected chi connectivity index (χ0v) is 38.4. The van der Waals surface area contributed by atoms with E-state index in [1.54, 1.807) is 6.20 Å². The Hall–Kier alpha value is -4.31. The first kappa shape index (κ1) is 43.0. The van der Waals surface area contributed by atoms with Crippen LogP contribution in [0.1, 0.15) is 48.0 Å². The van der Waals surface area contributed by atoms with E-state index in [-0.39, 0.29) is 18.4 Å². The number of piperazine rings is 2. The summed E-state index contributed by atoms with van der Waals surface area (Å²) < 4.78 is 6.18. The number of β-amino-alcohol motifs (C(OH)–C–C–N with tert-alkyl or cyclic N) is 1. The third-order valence-electron chi connectivity index (χ3n) is 13.0. The van der Waals surface area contributed by atoms with Crippen LogP contribution in [0.2, 0.25) is 0 Å². The quantitative estimate of drug-likeness (QED) is 0.0761. The van der Waals surface area contributed by atoms with Crippen LogP contribution in [-0.2, 0) is 24.3 Å². The number of amides is 2. The predicted molar refractivity (Wildman–Crippen MR) is 255 cm³/mol. The lowest BCUT2D eigenvalue weighted by Gasteiger charge is -2.35. The van der Waals surface area contributed by atoms with Gasteiger partial charge in [-0.3, -0.25) is 14.5 Å². The topological polar surface area (TPSA) is 123 Å². The second kappa shape index (κ2) is 19.6. The third kappa shape index (κ3) is 10.2. The molecule has 62 heavy (non-hydrogen) atoms. The average molecular weight is 968 g/mol. The maximum Gasteiger partial charge on any atom is 0.252 e. The van der Waals surface area contributed by atoms with Gasteiger partial charge >= 0.3 is 0 Å². The van der Waals surface area contributed by atoms with Crippen LogP contribution in [0.25, 0.3) is 32.8 Å². The van der Waals surface area contributed by atoms with Gasteiger partial charge < -0.3 is 40.0 Å². The van der Waals surface area contributed by atoms with Gasteiger partial charge in [0.1, 0.15) is 12.2 Å². The molecule has 9 rings (SSSR count). The van der Waals surface area contributed by atoms with E-state index in [9.17, 15) is 14.7 Å². The number of aromatic nitrogens is 3. The van der Waals surface area contributed by atoms with Crippen molar-refractivity contribution in [3.63, 3.8) is 0 Å². The summed E-state index contributed by atoms with van der Waals surface area (Å²) in [4.78, 5) is 37.8. The van der Waals surface area contributed by atoms with Crippen molar-refractivity contribution in [2.45, 2.75) is 69.8 Å². The van der Waals surface area contributed by atoms with Gasteiger partial charge in [-0.1, -0.05) is 50.4 Å². The first-order chi connectivity index (χ1) is 30.2. The van der Waals surface area contributed by atoms with Crippen molar-refractivity contribution in [1.29, 1.82) is 0 Å². The summed E-state index contributed by atoms with van der Waals surface area (Å²) in [5.74, 6) is -0.193. The highest BCUT2D eigenvalue weighted by Crippen LogP contribution is 2.33. The summed E-state index contributed by atoms with van der Waals surface area (Å²) in [5, 5.41) is 24.2. The molecule has 4 N–H and O–H groups in total. The fourth-order valence-corrected chi connectivity index (χ4v) is 10.4. The Morgan fingerprint density at radius 1 is 0.790 bits per heavy atom. The van der Waals surface area contributed by atoms with Gasteiger partial charge in [0.15, 0.2) is 0 Å². The number of benzene rings is 3. The molecule has 3 aliphatic heterocycles. The number of aliphatic hydroxyl groups excluding tert-OH is 1. The third-order valence-corrected chi connectivity index (χ3v) is 14.0. The molecule has 3 aromatic heterocycles. The van der Waals surface area contributed by atoms with Crippen LogP contribution in [0.3, 0.4) is 0 Å². The van der Waals surface area contributed by atoms with E-state index in [1.807, 2.05) is 22.9 Å². The monoisotopic (exact) mass is 965 g/mol. The van der Waals surface area contributed by atoms with Gasteiger partial charge in [0.2, 0.25) is 5.91 Å². The molecule has 0 aliphatic carbocycles. The maximum absolute atomic E-state index is 13.0. The largest absolute Gasteiger partial charge is 0.390 e. The van der Waals surface area contributed by atoms with E-state index in [1.165, 1.54) is 34.9 Å². The van der Waals surface area contributed by atoms with Gasteiger partial charge in [0, 0.05) is 125 Å². The fraction of sp³-hybridized carbons (Fsp3) is 0.438. The highest BCUT2D eigenvalue weighted by Gasteiger charge is 2.32. The molecule has 1 unspecified atom stereocenters. The lowest BCUT2D eigenvalue weighted by molar-refractivity contribution is -0.121. The van der Waals surface area contributed by atoms with Crippen molar-refractivity contribution >= 4 is 82.2 Å². The molecule has 0 saturated carbocycles. The molecular formula is C48H57Br2N9O3. The van der Waals surface area contributed by atoms with E-state index in [2.05, 4.69) is 133 Å². The Bertz CT molecular complexity index is 2440. The molecule has 3 aliphatic rings. The van der Waals surface area contributed by atoms with Gasteiger partial charge in [-0.05, 0) is 105 Å². The Morgan fingerprint density at radius 2 is 1.48 bits per heavy atom. The molecule has 6 heterocycles. The van der Waals surface area contributed by atoms with Crippen LogP contribution < -0.4 is 20.9 Å². The van der Waals surface area contributed by atoms with E-state index < -0.39 is 6.10 Å². The van der Waals surface area contributed by atoms with Crippen molar-refractivity contribution < 1.29 is 14.7 Å². The Morgan fingerprint density at radius 3 is 2.19 bits per heavy atom. The van der Waals surface area contributed by atoms with Gasteiger partial charge in [-0.2, -0.15) is 0 Å². The SMILES string of the molecule is O=C(Cn1ccc2cc(C(=O)NCCc3ccc(N4C[C@H]5CC[C@@H](C4)N5)cc3)cnc21)NCCCCCN1CCN(CC(O)Cn2c3ccc(Br)cc3c3cc(Br)ccc32)CC1. The molecule has 12 nitrogen and oxygen atoms in total. The van der Waals surface area contributed by atoms with Crippen LogP contribution in [0.5, 0.6) is 0 Å². The number of rotatable bonds is 17. The minimum Gasteiger partial charge on any atom is -0.390 e. The summed E-state index contributed by atoms with van der Waals surface area (Å²) in [5.41, 5.74) is 5.94. The first-order valence-corrected chi connectivity index (χ1v) is 23.9. The molecule has 3 fully saturated rings. The van der Waals surface area contributed by atoms with E-state index >= 15 is 0 Å². The van der Waals surface area contributed by atoms with E-state index in [0.717, 1.165) is 96.9 Å². The van der Waals surface area contributed by atoms with Gasteiger partial charge in [-0.15, -0.1) is 0 Å². The highest BCUT2D eigenvalue weighted by molar-refractivity contribution is 9.10. The smallest absolute Gasteiger partial charge is 0.252 e. The molecule has 6 aromatic rings. The summed E-state index contributed by atoms with van der Waals surface area (Å²) in [6, 6.07) is 26.4. The molecular weight excluding hydrogens is 910 g/mol. The number of aliphatic hydroxyl groups is 1. The van der Waals surface area contributed by atoms with Crippen LogP contribution in [-0.4, -0.2) is 124 Å². The summed E-state index contributed by atoms with van der Waals surface area (Å²) in [7, 11) is 0. The number of halogens is 2. The number of nitrogens with zero attached hydrogens (tertiary/aromatic N) is 6. The fourth-order valence-electron chi connectivity index (χ4n) is 9.72. The number of fused-ring (bicyclic) bond motifs is 6. The molecule has 14 heteroatoms. The van der Waals surface area contributed by atoms with Crippen LogP contribution in [0.4, 0.5) is 5.69 Å². The van der Waals surface area contributed by atoms with Crippen molar-refractivity contribution in [1.82, 2.24) is 39.9 Å². The van der Waals surface area contributed by atoms with E-state index in [4.69, 9.17) is 0 Å². The lowest BCUT2D eigenvalue weighted by Crippen LogP contribution is -2.51. The zero-order chi connectivity index (χ0) is 42.6. The molecule has 326 valence electrons. The second-order valence-electron chi connectivity index (χ2n) is 17.4. The average Bonchev–Trinajstić information content (AvgIpc) is 3.93. The minimum absolute atomic E-state index is 0.0446. The molecule has 2 amide bonds. The van der Waals surface area contributed by atoms with Gasteiger partial charge in [0.25, 0.3) is 5.91 Å². The highest BCUT2D eigenvalue weighted by atomic mass is 79.9. The zero-order valence-electron chi connectivity index (χ0n) is 35.2. The van der Waals surface area contributed by atoms with Crippen LogP contribution in [0, 0.1) is 0 Å². The summed E-state index contributed by atoms with van der Waals surface area (Å²) in [6.07, 6.45) is 9.36. The predicted octanol–water partition coefficient (Wildman–Crippen LogP) is 6.55. The number of pyridine rings is 1. The number of unbranched alkanes of at least 4 members (excludes halogenated alkanes) is 2. The Kier molecular flexibility index (Phi) is 13.6. The number of anilines is 1. The molecule has 0 spiro atoms. The van der Waals surface area contributed by atoms with Crippen LogP contribution in [0.15, 0.2) is 94.1 Å². The number of hydrogen-bond acceptors (Lipinski definition) is 8. The summed E-state index contributed by atoms with van der Waals surface area (Å²) in [6.45, 7) is 9.66. The molecule has 3 atom stereocenters. The van der Waals surface area contributed by atoms with Crippen LogP contribution >= 0.6 is 31.9 Å². The maximum atomic E-state index is 13.0. The number of carbonyl (C=O) groups excluding carboxylic acids is 2. The Balaban J connectivity index is 0.643. The van der Waals surface area contributed by atoms with Crippen molar-refractivity contribution in [2.75, 3.05) is 70.3 Å². The molecule has 0 radical (unpaired) electrons. The minimum atomic E-state index is -0.468. The van der Waals surface area contributed by atoms with E-state index in [0.29, 0.717) is 49.5 Å². The van der Waals surface area contributed by atoms with Crippen molar-refractivity contribution in [3.8, 4) is 0 Å². The van der Waals surface area contributed by atoms with Gasteiger partial charge in [-0.25, -0.2) is 4.98 Å². The molecule has 3 saturated heterocycles. The molecule has 2 bridgehead atoms. The number of carbonyl (C=O) groups is 2. The standard InChI is InChI=1S/C48H57Br2N9O3/c49-36-6-12-44-42(25-36)43-26-37(50)7-13-45(43)59(44)31-41(60)30-56-22-20-55(21-23-56)18-3-1-2-16-51-46(61)32-57-19-15-34-24-35(27-53-47(34)57)48(62)52-17-14-33-4-10-40(11-5-33)58-28-38-8-9-39(29-58)54-38/h4-7,10-13,15,19,24-27,38-39,41,54,60H,1-3,8-9,14,16-18,20-23,28-32H2,(H,51,61)(H,52,62)/t38-,39+,41?. The molecule has 3 aromatic carbocycles. The normalized spacial score (nSPS) is 18.9. The van der Waals surface area contributed by atoms with Crippen molar-refractivity contribution in [2.24, 2.45) is 0 Å². The number of hydrogen-bond donors (Lipinski definition) is 4. The van der Waals surface area contributed by atoms with Gasteiger partial charge in [0.05, 0.1) is 18.2 Å². The first-order valence-electron chi connectivity index (χ1n) is 22.3. The van der Waals surface area contributed by atoms with Crippen molar-refractivity contribution in [3.05, 3.63) is 105 Å².